The Bertz CT molecular complexity index is 327. The fraction of sp³-hybridized carbons (Fsp3) is 0.923. The summed E-state index contributed by atoms with van der Waals surface area (Å²) in [6, 6.07) is 0.426. The minimum atomic E-state index is -0.707. The zero-order chi connectivity index (χ0) is 12.6. The van der Waals surface area contributed by atoms with Crippen LogP contribution in [0, 0.1) is 5.41 Å². The first-order valence-corrected chi connectivity index (χ1v) is 6.88. The molecule has 1 N–H and O–H groups in total. The van der Waals surface area contributed by atoms with E-state index in [9.17, 15) is 9.90 Å². The van der Waals surface area contributed by atoms with Gasteiger partial charge in [-0.1, -0.05) is 0 Å². The second-order valence-corrected chi connectivity index (χ2v) is 5.77. The van der Waals surface area contributed by atoms with Gasteiger partial charge in [-0.2, -0.15) is 0 Å². The summed E-state index contributed by atoms with van der Waals surface area (Å²) in [7, 11) is 0. The highest BCUT2D eigenvalue weighted by Gasteiger charge is 2.47. The molecular formula is C13H21NO4. The SMILES string of the molecule is O=C(O)C1(CN2CCOC3CCCC32)CCOC1. The van der Waals surface area contributed by atoms with E-state index < -0.39 is 11.4 Å². The minimum absolute atomic E-state index is 0.326. The van der Waals surface area contributed by atoms with Crippen LogP contribution in [0.3, 0.4) is 0 Å². The number of hydrogen-bond acceptors (Lipinski definition) is 4. The second kappa shape index (κ2) is 4.79. The Labute approximate surface area is 107 Å². The minimum Gasteiger partial charge on any atom is -0.481 e. The molecule has 5 heteroatoms. The summed E-state index contributed by atoms with van der Waals surface area (Å²) >= 11 is 0. The average Bonchev–Trinajstić information content (AvgIpc) is 2.98. The highest BCUT2D eigenvalue weighted by molar-refractivity contribution is 5.75. The van der Waals surface area contributed by atoms with Crippen molar-refractivity contribution in [3.8, 4) is 0 Å². The number of nitrogens with zero attached hydrogens (tertiary/aromatic N) is 1. The van der Waals surface area contributed by atoms with E-state index in [0.29, 0.717) is 38.3 Å². The van der Waals surface area contributed by atoms with Gasteiger partial charge in [-0.15, -0.1) is 0 Å². The van der Waals surface area contributed by atoms with E-state index in [2.05, 4.69) is 4.90 Å². The van der Waals surface area contributed by atoms with Crippen molar-refractivity contribution in [2.24, 2.45) is 5.41 Å². The molecule has 3 rings (SSSR count). The number of carboxylic acids is 1. The van der Waals surface area contributed by atoms with Gasteiger partial charge in [-0.05, 0) is 25.7 Å². The Kier molecular flexibility index (Phi) is 3.30. The third kappa shape index (κ3) is 2.04. The summed E-state index contributed by atoms with van der Waals surface area (Å²) in [6.45, 7) is 3.14. The topological polar surface area (TPSA) is 59.0 Å². The molecule has 2 heterocycles. The number of ether oxygens (including phenoxy) is 2. The molecule has 2 aliphatic heterocycles. The molecule has 18 heavy (non-hydrogen) atoms. The van der Waals surface area contributed by atoms with E-state index >= 15 is 0 Å². The fourth-order valence-electron chi connectivity index (χ4n) is 3.56. The van der Waals surface area contributed by atoms with Crippen molar-refractivity contribution in [3.05, 3.63) is 0 Å². The number of rotatable bonds is 3. The molecule has 3 aliphatic rings. The molecule has 3 unspecified atom stereocenters. The second-order valence-electron chi connectivity index (χ2n) is 5.77. The third-order valence-electron chi connectivity index (χ3n) is 4.66. The number of hydrogen-bond donors (Lipinski definition) is 1. The average molecular weight is 255 g/mol. The van der Waals surface area contributed by atoms with E-state index in [1.165, 1.54) is 6.42 Å². The fourth-order valence-corrected chi connectivity index (χ4v) is 3.56. The van der Waals surface area contributed by atoms with Gasteiger partial charge in [0.2, 0.25) is 0 Å². The van der Waals surface area contributed by atoms with Crippen molar-refractivity contribution in [2.75, 3.05) is 32.9 Å². The maximum Gasteiger partial charge on any atom is 0.313 e. The maximum absolute atomic E-state index is 11.6. The molecule has 0 amide bonds. The van der Waals surface area contributed by atoms with E-state index in [1.54, 1.807) is 0 Å². The van der Waals surface area contributed by atoms with Crippen molar-refractivity contribution in [1.29, 1.82) is 0 Å². The van der Waals surface area contributed by atoms with Crippen molar-refractivity contribution < 1.29 is 19.4 Å². The molecule has 2 saturated heterocycles. The Morgan fingerprint density at radius 3 is 3.00 bits per heavy atom. The number of carboxylic acid groups (broad SMARTS) is 1. The maximum atomic E-state index is 11.6. The summed E-state index contributed by atoms with van der Waals surface area (Å²) in [4.78, 5) is 13.9. The largest absolute Gasteiger partial charge is 0.481 e. The monoisotopic (exact) mass is 255 g/mol. The van der Waals surface area contributed by atoms with Gasteiger partial charge >= 0.3 is 5.97 Å². The summed E-state index contributed by atoms with van der Waals surface area (Å²) in [5, 5.41) is 9.50. The molecular weight excluding hydrogens is 234 g/mol. The van der Waals surface area contributed by atoms with Gasteiger partial charge in [-0.3, -0.25) is 9.69 Å². The lowest BCUT2D eigenvalue weighted by atomic mass is 9.86. The standard InChI is InChI=1S/C13H21NO4/c15-12(16)13(4-6-17-9-13)8-14-5-7-18-11-3-1-2-10(11)14/h10-11H,1-9H2,(H,15,16). The summed E-state index contributed by atoms with van der Waals surface area (Å²) < 4.78 is 11.1. The molecule has 3 atom stereocenters. The van der Waals surface area contributed by atoms with Gasteiger partial charge in [0.1, 0.15) is 5.41 Å². The molecule has 0 radical (unpaired) electrons. The molecule has 1 saturated carbocycles. The van der Waals surface area contributed by atoms with E-state index in [4.69, 9.17) is 9.47 Å². The number of carbonyl (C=O) groups is 1. The van der Waals surface area contributed by atoms with Crippen LogP contribution in [-0.4, -0.2) is 61.0 Å². The predicted octanol–water partition coefficient (Wildman–Crippen LogP) is 0.731. The van der Waals surface area contributed by atoms with Crippen LogP contribution in [0.25, 0.3) is 0 Å². The van der Waals surface area contributed by atoms with Crippen LogP contribution < -0.4 is 0 Å². The molecule has 1 aliphatic carbocycles. The Morgan fingerprint density at radius 2 is 2.28 bits per heavy atom. The normalized spacial score (nSPS) is 40.9. The molecule has 0 bridgehead atoms. The Hall–Kier alpha value is -0.650. The van der Waals surface area contributed by atoms with Gasteiger partial charge in [0.15, 0.2) is 0 Å². The molecule has 5 nitrogen and oxygen atoms in total. The lowest BCUT2D eigenvalue weighted by Crippen LogP contribution is -2.54. The van der Waals surface area contributed by atoms with Gasteiger partial charge in [0.25, 0.3) is 0 Å². The molecule has 0 aromatic carbocycles. The lowest BCUT2D eigenvalue weighted by molar-refractivity contribution is -0.152. The quantitative estimate of drug-likeness (QED) is 0.805. The van der Waals surface area contributed by atoms with Gasteiger partial charge < -0.3 is 14.6 Å². The van der Waals surface area contributed by atoms with Gasteiger partial charge in [0, 0.05) is 25.7 Å². The Morgan fingerprint density at radius 1 is 1.39 bits per heavy atom. The van der Waals surface area contributed by atoms with E-state index in [1.807, 2.05) is 0 Å². The van der Waals surface area contributed by atoms with E-state index in [0.717, 1.165) is 26.0 Å². The summed E-state index contributed by atoms with van der Waals surface area (Å²) in [5.74, 6) is -0.707. The highest BCUT2D eigenvalue weighted by atomic mass is 16.5. The first kappa shape index (κ1) is 12.4. The molecule has 0 spiro atoms. The van der Waals surface area contributed by atoms with Crippen LogP contribution in [0.1, 0.15) is 25.7 Å². The van der Waals surface area contributed by atoms with Crippen LogP contribution in [0.15, 0.2) is 0 Å². The third-order valence-corrected chi connectivity index (χ3v) is 4.66. The molecule has 0 aromatic rings. The smallest absolute Gasteiger partial charge is 0.313 e. The summed E-state index contributed by atoms with van der Waals surface area (Å²) in [6.07, 6.45) is 4.42. The van der Waals surface area contributed by atoms with Crippen molar-refractivity contribution in [1.82, 2.24) is 4.90 Å². The Balaban J connectivity index is 1.72. The van der Waals surface area contributed by atoms with E-state index in [-0.39, 0.29) is 0 Å². The number of aliphatic carboxylic acids is 1. The van der Waals surface area contributed by atoms with Crippen LogP contribution in [0.2, 0.25) is 0 Å². The zero-order valence-electron chi connectivity index (χ0n) is 10.6. The van der Waals surface area contributed by atoms with Crippen LogP contribution in [-0.2, 0) is 14.3 Å². The van der Waals surface area contributed by atoms with Gasteiger partial charge in [0.05, 0.1) is 19.3 Å². The first-order valence-electron chi connectivity index (χ1n) is 6.88. The lowest BCUT2D eigenvalue weighted by Gasteiger charge is -2.41. The number of fused-ring (bicyclic) bond motifs is 1. The highest BCUT2D eigenvalue weighted by Crippen LogP contribution is 2.35. The molecule has 3 fully saturated rings. The van der Waals surface area contributed by atoms with Crippen molar-refractivity contribution in [2.45, 2.75) is 37.8 Å². The van der Waals surface area contributed by atoms with Crippen molar-refractivity contribution >= 4 is 5.97 Å². The van der Waals surface area contributed by atoms with Crippen LogP contribution in [0.4, 0.5) is 0 Å². The van der Waals surface area contributed by atoms with Gasteiger partial charge in [-0.25, -0.2) is 0 Å². The first-order chi connectivity index (χ1) is 8.71. The zero-order valence-corrected chi connectivity index (χ0v) is 10.6. The van der Waals surface area contributed by atoms with Crippen molar-refractivity contribution in [3.63, 3.8) is 0 Å². The van der Waals surface area contributed by atoms with Crippen LogP contribution in [0.5, 0.6) is 0 Å². The summed E-state index contributed by atoms with van der Waals surface area (Å²) in [5.41, 5.74) is -0.690. The molecule has 102 valence electrons. The van der Waals surface area contributed by atoms with Crippen LogP contribution >= 0.6 is 0 Å². The molecule has 0 aromatic heterocycles. The predicted molar refractivity (Wildman–Crippen MR) is 64.5 cm³/mol. The number of morpholine rings is 1.